The van der Waals surface area contributed by atoms with Gasteiger partial charge in [-0.2, -0.15) is 13.2 Å². The van der Waals surface area contributed by atoms with Gasteiger partial charge < -0.3 is 4.74 Å². The van der Waals surface area contributed by atoms with Gasteiger partial charge in [0.05, 0.1) is 0 Å². The summed E-state index contributed by atoms with van der Waals surface area (Å²) >= 11 is 0. The van der Waals surface area contributed by atoms with Gasteiger partial charge in [0.1, 0.15) is 13.3 Å². The van der Waals surface area contributed by atoms with E-state index in [9.17, 15) is 22.8 Å². The van der Waals surface area contributed by atoms with E-state index in [1.807, 2.05) is 0 Å². The summed E-state index contributed by atoms with van der Waals surface area (Å²) in [6.45, 7) is 1.40. The average Bonchev–Trinajstić information content (AvgIpc) is 2.62. The molecule has 0 N–H and O–H groups in total. The van der Waals surface area contributed by atoms with Crippen molar-refractivity contribution < 1.29 is 22.7 Å². The first-order chi connectivity index (χ1) is 8.84. The van der Waals surface area contributed by atoms with Crippen molar-refractivity contribution in [3.63, 3.8) is 0 Å². The zero-order valence-electron chi connectivity index (χ0n) is 9.90. The van der Waals surface area contributed by atoms with Crippen LogP contribution < -0.4 is 10.5 Å². The molecule has 104 valence electrons. The van der Waals surface area contributed by atoms with Crippen molar-refractivity contribution in [1.82, 2.24) is 9.55 Å². The molecule has 0 aliphatic carbocycles. The smallest absolute Gasteiger partial charge is 0.361 e. The van der Waals surface area contributed by atoms with E-state index in [0.29, 0.717) is 6.07 Å². The van der Waals surface area contributed by atoms with Crippen LogP contribution in [-0.4, -0.2) is 28.8 Å². The molecule has 1 amide bonds. The minimum Gasteiger partial charge on any atom is -0.361 e. The van der Waals surface area contributed by atoms with Crippen molar-refractivity contribution in [3.05, 3.63) is 22.1 Å². The summed E-state index contributed by atoms with van der Waals surface area (Å²) in [4.78, 5) is 27.4. The number of rotatable bonds is 3. The average molecular weight is 277 g/mol. The Morgan fingerprint density at radius 3 is 2.68 bits per heavy atom. The van der Waals surface area contributed by atoms with Crippen LogP contribution in [0.25, 0.3) is 0 Å². The van der Waals surface area contributed by atoms with Crippen LogP contribution in [0.3, 0.4) is 0 Å². The minimum atomic E-state index is -4.74. The van der Waals surface area contributed by atoms with Gasteiger partial charge in [-0.3, -0.25) is 19.1 Å². The predicted octanol–water partition coefficient (Wildman–Crippen LogP) is 0.603. The van der Waals surface area contributed by atoms with Gasteiger partial charge >= 0.3 is 6.18 Å². The lowest BCUT2D eigenvalue weighted by Gasteiger charge is -2.15. The maximum Gasteiger partial charge on any atom is 0.433 e. The van der Waals surface area contributed by atoms with Crippen LogP contribution in [0.5, 0.6) is 0 Å². The molecular formula is C10H10F3N3O3. The van der Waals surface area contributed by atoms with Gasteiger partial charge in [0.25, 0.3) is 11.5 Å². The first kappa shape index (κ1) is 13.5. The van der Waals surface area contributed by atoms with E-state index in [1.165, 1.54) is 0 Å². The molecule has 0 saturated carbocycles. The molecule has 1 aromatic rings. The maximum absolute atomic E-state index is 12.6. The first-order valence-electron chi connectivity index (χ1n) is 5.41. The zero-order valence-corrected chi connectivity index (χ0v) is 9.90. The van der Waals surface area contributed by atoms with Crippen molar-refractivity contribution in [1.29, 1.82) is 0 Å². The van der Waals surface area contributed by atoms with Crippen LogP contribution in [0.1, 0.15) is 12.6 Å². The van der Waals surface area contributed by atoms with E-state index in [1.54, 1.807) is 6.92 Å². The standard InChI is InChI=1S/C10H10F3N3O3/c1-2-19-5-16-8(18)4-15-7(17)3-6(10(11,12)13)14-9(15)16/h3H,2,4-5H2,1H3. The Balaban J connectivity index is 2.47. The van der Waals surface area contributed by atoms with Gasteiger partial charge in [-0.15, -0.1) is 0 Å². The lowest BCUT2D eigenvalue weighted by atomic mass is 10.4. The van der Waals surface area contributed by atoms with Gasteiger partial charge in [-0.05, 0) is 6.92 Å². The van der Waals surface area contributed by atoms with Crippen molar-refractivity contribution in [3.8, 4) is 0 Å². The number of aromatic nitrogens is 2. The largest absolute Gasteiger partial charge is 0.433 e. The Kier molecular flexibility index (Phi) is 3.31. The fourth-order valence-electron chi connectivity index (χ4n) is 1.64. The SMILES string of the molecule is CCOCN1C(=O)Cn2c1nc(C(F)(F)F)cc2=O. The summed E-state index contributed by atoms with van der Waals surface area (Å²) in [5.74, 6) is -0.865. The third-order valence-corrected chi connectivity index (χ3v) is 2.54. The lowest BCUT2D eigenvalue weighted by molar-refractivity contribution is -0.141. The normalized spacial score (nSPS) is 14.9. The first-order valence-corrected chi connectivity index (χ1v) is 5.41. The molecule has 9 heteroatoms. The second kappa shape index (κ2) is 4.65. The number of amides is 1. The number of fused-ring (bicyclic) bond motifs is 1. The highest BCUT2D eigenvalue weighted by Crippen LogP contribution is 2.29. The molecule has 2 rings (SSSR count). The Hall–Kier alpha value is -1.90. The van der Waals surface area contributed by atoms with Crippen LogP contribution in [-0.2, 0) is 22.3 Å². The summed E-state index contributed by atoms with van der Waals surface area (Å²) in [6.07, 6.45) is -4.74. The van der Waals surface area contributed by atoms with E-state index >= 15 is 0 Å². The summed E-state index contributed by atoms with van der Waals surface area (Å²) in [7, 11) is 0. The molecule has 1 aromatic heterocycles. The molecule has 2 heterocycles. The highest BCUT2D eigenvalue weighted by Gasteiger charge is 2.37. The summed E-state index contributed by atoms with van der Waals surface area (Å²) in [5.41, 5.74) is -2.23. The maximum atomic E-state index is 12.6. The molecule has 0 fully saturated rings. The molecular weight excluding hydrogens is 267 g/mol. The molecule has 0 aromatic carbocycles. The van der Waals surface area contributed by atoms with Crippen LogP contribution in [0.15, 0.2) is 10.9 Å². The predicted molar refractivity (Wildman–Crippen MR) is 57.5 cm³/mol. The summed E-state index contributed by atoms with van der Waals surface area (Å²) < 4.78 is 43.6. The zero-order chi connectivity index (χ0) is 14.2. The Labute approximate surface area is 105 Å². The number of halogens is 3. The lowest BCUT2D eigenvalue weighted by Crippen LogP contribution is -2.30. The van der Waals surface area contributed by atoms with Crippen molar-refractivity contribution in [2.75, 3.05) is 18.2 Å². The molecule has 1 aliphatic heterocycles. The van der Waals surface area contributed by atoms with Crippen molar-refractivity contribution in [2.45, 2.75) is 19.6 Å². The topological polar surface area (TPSA) is 64.4 Å². The van der Waals surface area contributed by atoms with E-state index in [-0.39, 0.29) is 25.8 Å². The van der Waals surface area contributed by atoms with Gasteiger partial charge in [-0.1, -0.05) is 0 Å². The highest BCUT2D eigenvalue weighted by molar-refractivity contribution is 5.94. The monoisotopic (exact) mass is 277 g/mol. The minimum absolute atomic E-state index is 0.233. The molecule has 0 spiro atoms. The fraction of sp³-hybridized carbons (Fsp3) is 0.500. The van der Waals surface area contributed by atoms with E-state index in [4.69, 9.17) is 4.74 Å². The fourth-order valence-corrected chi connectivity index (χ4v) is 1.64. The van der Waals surface area contributed by atoms with E-state index in [0.717, 1.165) is 9.47 Å². The number of alkyl halides is 3. The molecule has 0 unspecified atom stereocenters. The Morgan fingerprint density at radius 1 is 1.42 bits per heavy atom. The molecule has 0 bridgehead atoms. The van der Waals surface area contributed by atoms with Gasteiger partial charge in [0, 0.05) is 12.7 Å². The third-order valence-electron chi connectivity index (χ3n) is 2.54. The van der Waals surface area contributed by atoms with Crippen LogP contribution in [0, 0.1) is 0 Å². The summed E-state index contributed by atoms with van der Waals surface area (Å²) in [6, 6.07) is 0.376. The summed E-state index contributed by atoms with van der Waals surface area (Å²) in [5, 5.41) is 0. The number of hydrogen-bond donors (Lipinski definition) is 0. The van der Waals surface area contributed by atoms with Crippen molar-refractivity contribution >= 4 is 11.9 Å². The van der Waals surface area contributed by atoms with Gasteiger partial charge in [0.15, 0.2) is 5.69 Å². The van der Waals surface area contributed by atoms with E-state index < -0.39 is 23.3 Å². The highest BCUT2D eigenvalue weighted by atomic mass is 19.4. The second-order valence-electron chi connectivity index (χ2n) is 3.81. The number of anilines is 1. The van der Waals surface area contributed by atoms with E-state index in [2.05, 4.69) is 4.98 Å². The number of carbonyl (C=O) groups excluding carboxylic acids is 1. The molecule has 0 atom stereocenters. The molecule has 1 aliphatic rings. The number of ether oxygens (including phenoxy) is 1. The molecule has 0 radical (unpaired) electrons. The third kappa shape index (κ3) is 2.46. The number of hydrogen-bond acceptors (Lipinski definition) is 4. The molecule has 0 saturated heterocycles. The van der Waals surface area contributed by atoms with Crippen LogP contribution in [0.4, 0.5) is 19.1 Å². The number of nitrogens with zero attached hydrogens (tertiary/aromatic N) is 3. The number of carbonyl (C=O) groups is 1. The van der Waals surface area contributed by atoms with Crippen LogP contribution >= 0.6 is 0 Å². The van der Waals surface area contributed by atoms with Gasteiger partial charge in [-0.25, -0.2) is 4.98 Å². The Bertz CT molecular complexity index is 567. The second-order valence-corrected chi connectivity index (χ2v) is 3.81. The Morgan fingerprint density at radius 2 is 2.11 bits per heavy atom. The molecule has 19 heavy (non-hydrogen) atoms. The molecule has 6 nitrogen and oxygen atoms in total. The van der Waals surface area contributed by atoms with Crippen LogP contribution in [0.2, 0.25) is 0 Å². The van der Waals surface area contributed by atoms with Gasteiger partial charge in [0.2, 0.25) is 5.95 Å². The van der Waals surface area contributed by atoms with Crippen molar-refractivity contribution in [2.24, 2.45) is 0 Å². The quantitative estimate of drug-likeness (QED) is 0.811.